The zero-order valence-corrected chi connectivity index (χ0v) is 13.9. The van der Waals surface area contributed by atoms with Gasteiger partial charge >= 0.3 is 5.97 Å². The van der Waals surface area contributed by atoms with Crippen molar-refractivity contribution in [3.8, 4) is 0 Å². The standard InChI is InChI=1S/C19H24N2O3/c22-17(20-16-7-6-13-3-1-4-14(13)9-16)11-21-10-15-5-2-8-19(15,12-21)18(23)24/h6-7,9,15H,1-5,8,10-12H2,(H,20,22)(H,23,24)/t15-,19+/m0/s1. The Labute approximate surface area is 142 Å². The summed E-state index contributed by atoms with van der Waals surface area (Å²) in [6, 6.07) is 6.16. The normalized spacial score (nSPS) is 28.6. The van der Waals surface area contributed by atoms with Gasteiger partial charge in [0.1, 0.15) is 0 Å². The average molecular weight is 328 g/mol. The van der Waals surface area contributed by atoms with Crippen LogP contribution < -0.4 is 5.32 Å². The molecule has 0 radical (unpaired) electrons. The lowest BCUT2D eigenvalue weighted by Crippen LogP contribution is -2.37. The van der Waals surface area contributed by atoms with Crippen LogP contribution >= 0.6 is 0 Å². The minimum Gasteiger partial charge on any atom is -0.481 e. The van der Waals surface area contributed by atoms with E-state index in [9.17, 15) is 14.7 Å². The number of nitrogens with zero attached hydrogens (tertiary/aromatic N) is 1. The third-order valence-corrected chi connectivity index (χ3v) is 6.12. The second-order valence-electron chi connectivity index (χ2n) is 7.61. The molecule has 2 aliphatic carbocycles. The Kier molecular flexibility index (Phi) is 3.83. The lowest BCUT2D eigenvalue weighted by molar-refractivity contribution is -0.149. The number of hydrogen-bond donors (Lipinski definition) is 2. The van der Waals surface area contributed by atoms with E-state index in [4.69, 9.17) is 0 Å². The Hall–Kier alpha value is -1.88. The Morgan fingerprint density at radius 3 is 2.88 bits per heavy atom. The van der Waals surface area contributed by atoms with Crippen LogP contribution in [0.15, 0.2) is 18.2 Å². The quantitative estimate of drug-likeness (QED) is 0.890. The molecule has 2 atom stereocenters. The summed E-state index contributed by atoms with van der Waals surface area (Å²) < 4.78 is 0. The first-order chi connectivity index (χ1) is 11.6. The third-order valence-electron chi connectivity index (χ3n) is 6.12. The fourth-order valence-corrected chi connectivity index (χ4v) is 4.92. The number of hydrogen-bond acceptors (Lipinski definition) is 3. The van der Waals surface area contributed by atoms with Gasteiger partial charge in [-0.15, -0.1) is 0 Å². The molecule has 1 aromatic carbocycles. The molecule has 1 amide bonds. The molecule has 0 spiro atoms. The van der Waals surface area contributed by atoms with E-state index in [0.29, 0.717) is 6.54 Å². The first-order valence-electron chi connectivity index (χ1n) is 8.94. The van der Waals surface area contributed by atoms with Gasteiger partial charge in [-0.2, -0.15) is 0 Å². The van der Waals surface area contributed by atoms with Crippen molar-refractivity contribution >= 4 is 17.6 Å². The van der Waals surface area contributed by atoms with Gasteiger partial charge in [0.05, 0.1) is 12.0 Å². The first kappa shape index (κ1) is 15.6. The lowest BCUT2D eigenvalue weighted by atomic mass is 9.81. The summed E-state index contributed by atoms with van der Waals surface area (Å²) in [5.41, 5.74) is 2.97. The van der Waals surface area contributed by atoms with Crippen molar-refractivity contribution < 1.29 is 14.7 Å². The highest BCUT2D eigenvalue weighted by Crippen LogP contribution is 2.48. The number of rotatable bonds is 4. The molecule has 0 bridgehead atoms. The summed E-state index contributed by atoms with van der Waals surface area (Å²) in [5.74, 6) is -0.539. The number of likely N-dealkylation sites (tertiary alicyclic amines) is 1. The van der Waals surface area contributed by atoms with Gasteiger partial charge in [0.15, 0.2) is 0 Å². The molecule has 2 fully saturated rings. The molecule has 24 heavy (non-hydrogen) atoms. The Morgan fingerprint density at radius 2 is 2.08 bits per heavy atom. The summed E-state index contributed by atoms with van der Waals surface area (Å²) >= 11 is 0. The van der Waals surface area contributed by atoms with Gasteiger partial charge in [-0.3, -0.25) is 14.5 Å². The zero-order chi connectivity index (χ0) is 16.7. The van der Waals surface area contributed by atoms with Crippen LogP contribution in [0.25, 0.3) is 0 Å². The van der Waals surface area contributed by atoms with Gasteiger partial charge in [-0.05, 0) is 61.3 Å². The number of aryl methyl sites for hydroxylation is 2. The highest BCUT2D eigenvalue weighted by atomic mass is 16.4. The van der Waals surface area contributed by atoms with Crippen LogP contribution in [-0.4, -0.2) is 41.5 Å². The van der Waals surface area contributed by atoms with E-state index in [0.717, 1.165) is 44.3 Å². The van der Waals surface area contributed by atoms with E-state index >= 15 is 0 Å². The predicted octanol–water partition coefficient (Wildman–Crippen LogP) is 2.30. The van der Waals surface area contributed by atoms with Crippen molar-refractivity contribution in [2.24, 2.45) is 11.3 Å². The van der Waals surface area contributed by atoms with Crippen molar-refractivity contribution in [1.29, 1.82) is 0 Å². The summed E-state index contributed by atoms with van der Waals surface area (Å²) in [4.78, 5) is 26.1. The Morgan fingerprint density at radius 1 is 1.25 bits per heavy atom. The van der Waals surface area contributed by atoms with E-state index in [1.54, 1.807) is 0 Å². The van der Waals surface area contributed by atoms with Gasteiger partial charge in [0, 0.05) is 18.8 Å². The molecule has 4 rings (SSSR count). The Bertz CT molecular complexity index is 687. The number of carboxylic acids is 1. The average Bonchev–Trinajstić information content (AvgIpc) is 3.19. The molecule has 5 nitrogen and oxygen atoms in total. The number of anilines is 1. The van der Waals surface area contributed by atoms with Crippen LogP contribution in [0.2, 0.25) is 0 Å². The van der Waals surface area contributed by atoms with E-state index in [1.807, 2.05) is 11.0 Å². The minimum atomic E-state index is -0.688. The fourth-order valence-electron chi connectivity index (χ4n) is 4.92. The Balaban J connectivity index is 1.38. The second kappa shape index (κ2) is 5.88. The molecule has 1 heterocycles. The van der Waals surface area contributed by atoms with Crippen LogP contribution in [0.4, 0.5) is 5.69 Å². The van der Waals surface area contributed by atoms with Gasteiger partial charge < -0.3 is 10.4 Å². The van der Waals surface area contributed by atoms with Gasteiger partial charge in [-0.25, -0.2) is 0 Å². The van der Waals surface area contributed by atoms with E-state index in [2.05, 4.69) is 17.4 Å². The van der Waals surface area contributed by atoms with Crippen molar-refractivity contribution in [2.45, 2.75) is 38.5 Å². The monoisotopic (exact) mass is 328 g/mol. The number of carboxylic acid groups (broad SMARTS) is 1. The van der Waals surface area contributed by atoms with Crippen LogP contribution in [0, 0.1) is 11.3 Å². The molecule has 5 heteroatoms. The lowest BCUT2D eigenvalue weighted by Gasteiger charge is -2.23. The molecule has 3 aliphatic rings. The molecule has 1 aromatic rings. The van der Waals surface area contributed by atoms with Crippen LogP contribution in [0.3, 0.4) is 0 Å². The maximum Gasteiger partial charge on any atom is 0.311 e. The van der Waals surface area contributed by atoms with Gasteiger partial charge in [0.2, 0.25) is 5.91 Å². The number of carbonyl (C=O) groups excluding carboxylic acids is 1. The maximum absolute atomic E-state index is 12.4. The van der Waals surface area contributed by atoms with E-state index in [-0.39, 0.29) is 18.4 Å². The summed E-state index contributed by atoms with van der Waals surface area (Å²) in [6.07, 6.45) is 6.13. The SMILES string of the molecule is O=C(CN1C[C@@H]2CCC[C@@]2(C(=O)O)C1)Nc1ccc2c(c1)CCC2. The molecule has 0 aromatic heterocycles. The maximum atomic E-state index is 12.4. The molecular formula is C19H24N2O3. The second-order valence-corrected chi connectivity index (χ2v) is 7.61. The predicted molar refractivity (Wildman–Crippen MR) is 90.9 cm³/mol. The van der Waals surface area contributed by atoms with Crippen LogP contribution in [-0.2, 0) is 22.4 Å². The minimum absolute atomic E-state index is 0.0477. The number of fused-ring (bicyclic) bond motifs is 2. The number of aliphatic carboxylic acids is 1. The van der Waals surface area contributed by atoms with E-state index in [1.165, 1.54) is 17.5 Å². The molecule has 0 unspecified atom stereocenters. The van der Waals surface area contributed by atoms with Crippen molar-refractivity contribution in [2.75, 3.05) is 25.0 Å². The molecule has 1 aliphatic heterocycles. The molecule has 1 saturated carbocycles. The molecule has 1 saturated heterocycles. The number of amides is 1. The number of carbonyl (C=O) groups is 2. The van der Waals surface area contributed by atoms with Gasteiger partial charge in [-0.1, -0.05) is 12.5 Å². The number of benzene rings is 1. The molecule has 128 valence electrons. The molecular weight excluding hydrogens is 304 g/mol. The van der Waals surface area contributed by atoms with Crippen molar-refractivity contribution in [3.63, 3.8) is 0 Å². The topological polar surface area (TPSA) is 69.6 Å². The molecule has 2 N–H and O–H groups in total. The highest BCUT2D eigenvalue weighted by molar-refractivity contribution is 5.92. The van der Waals surface area contributed by atoms with Crippen molar-refractivity contribution in [1.82, 2.24) is 4.90 Å². The van der Waals surface area contributed by atoms with E-state index < -0.39 is 11.4 Å². The summed E-state index contributed by atoms with van der Waals surface area (Å²) in [6.45, 7) is 1.51. The fraction of sp³-hybridized carbons (Fsp3) is 0.579. The van der Waals surface area contributed by atoms with Crippen molar-refractivity contribution in [3.05, 3.63) is 29.3 Å². The highest BCUT2D eigenvalue weighted by Gasteiger charge is 2.54. The zero-order valence-electron chi connectivity index (χ0n) is 13.9. The van der Waals surface area contributed by atoms with Gasteiger partial charge in [0.25, 0.3) is 0 Å². The summed E-state index contributed by atoms with van der Waals surface area (Å²) in [7, 11) is 0. The smallest absolute Gasteiger partial charge is 0.311 e. The first-order valence-corrected chi connectivity index (χ1v) is 8.94. The largest absolute Gasteiger partial charge is 0.481 e. The van der Waals surface area contributed by atoms with Crippen LogP contribution in [0.5, 0.6) is 0 Å². The third kappa shape index (κ3) is 2.61. The summed E-state index contributed by atoms with van der Waals surface area (Å²) in [5, 5.41) is 12.6. The van der Waals surface area contributed by atoms with Crippen LogP contribution in [0.1, 0.15) is 36.8 Å². The number of nitrogens with one attached hydrogen (secondary N) is 1.